The van der Waals surface area contributed by atoms with Gasteiger partial charge in [0, 0.05) is 30.6 Å². The van der Waals surface area contributed by atoms with Crippen molar-refractivity contribution in [3.8, 4) is 6.07 Å². The highest BCUT2D eigenvalue weighted by molar-refractivity contribution is 5.95. The number of nitrogens with zero attached hydrogens (tertiary/aromatic N) is 2. The predicted octanol–water partition coefficient (Wildman–Crippen LogP) is 2.89. The molecule has 3 rings (SSSR count). The summed E-state index contributed by atoms with van der Waals surface area (Å²) in [5, 5.41) is 12.0. The summed E-state index contributed by atoms with van der Waals surface area (Å²) in [5.41, 5.74) is 0.265. The number of hydrogen-bond acceptors (Lipinski definition) is 5. The van der Waals surface area contributed by atoms with E-state index in [2.05, 4.69) is 5.32 Å². The SMILES string of the molecule is COC(=O)CC1CCN(C(=O)C(C2CC2)C(C)(C)NC(=O)c2ccc(C#N)cc2)CC1. The van der Waals surface area contributed by atoms with Crippen molar-refractivity contribution in [1.29, 1.82) is 5.26 Å². The Morgan fingerprint density at radius 3 is 2.29 bits per heavy atom. The minimum Gasteiger partial charge on any atom is -0.469 e. The van der Waals surface area contributed by atoms with Crippen LogP contribution in [-0.2, 0) is 14.3 Å². The Balaban J connectivity index is 1.65. The molecule has 1 aromatic carbocycles. The Kier molecular flexibility index (Phi) is 6.99. The summed E-state index contributed by atoms with van der Waals surface area (Å²) in [6.07, 6.45) is 3.96. The van der Waals surface area contributed by atoms with E-state index in [0.717, 1.165) is 25.7 Å². The van der Waals surface area contributed by atoms with Gasteiger partial charge in [-0.15, -0.1) is 0 Å². The molecule has 2 aliphatic rings. The Morgan fingerprint density at radius 1 is 1.16 bits per heavy atom. The molecule has 2 amide bonds. The lowest BCUT2D eigenvalue weighted by molar-refractivity contribution is -0.143. The van der Waals surface area contributed by atoms with Crippen molar-refractivity contribution in [1.82, 2.24) is 10.2 Å². The standard InChI is InChI=1S/C24H31N3O4/c1-24(2,26-22(29)19-6-4-17(15-25)5-7-19)21(18-8-9-18)23(30)27-12-10-16(11-13-27)14-20(28)31-3/h4-7,16,18,21H,8-14H2,1-3H3,(H,26,29). The number of methoxy groups -OCH3 is 1. The molecule has 7 heteroatoms. The topological polar surface area (TPSA) is 99.5 Å². The van der Waals surface area contributed by atoms with E-state index >= 15 is 0 Å². The molecule has 2 fully saturated rings. The smallest absolute Gasteiger partial charge is 0.305 e. The van der Waals surface area contributed by atoms with E-state index in [-0.39, 0.29) is 35.5 Å². The molecule has 1 heterocycles. The molecule has 0 spiro atoms. The van der Waals surface area contributed by atoms with Gasteiger partial charge in [-0.3, -0.25) is 14.4 Å². The lowest BCUT2D eigenvalue weighted by Gasteiger charge is -2.40. The van der Waals surface area contributed by atoms with Crippen molar-refractivity contribution >= 4 is 17.8 Å². The van der Waals surface area contributed by atoms with Crippen LogP contribution in [0.2, 0.25) is 0 Å². The Bertz CT molecular complexity index is 860. The van der Waals surface area contributed by atoms with E-state index in [1.807, 2.05) is 24.8 Å². The van der Waals surface area contributed by atoms with E-state index < -0.39 is 5.54 Å². The fraction of sp³-hybridized carbons (Fsp3) is 0.583. The second-order valence-electron chi connectivity index (χ2n) is 9.23. The van der Waals surface area contributed by atoms with Crippen LogP contribution in [0.3, 0.4) is 0 Å². The van der Waals surface area contributed by atoms with Gasteiger partial charge < -0.3 is 15.0 Å². The highest BCUT2D eigenvalue weighted by Crippen LogP contribution is 2.43. The van der Waals surface area contributed by atoms with Crippen molar-refractivity contribution in [3.63, 3.8) is 0 Å². The van der Waals surface area contributed by atoms with Gasteiger partial charge in [0.2, 0.25) is 5.91 Å². The average Bonchev–Trinajstić information content (AvgIpc) is 3.58. The number of carbonyl (C=O) groups excluding carboxylic acids is 3. The maximum Gasteiger partial charge on any atom is 0.305 e. The van der Waals surface area contributed by atoms with E-state index in [1.54, 1.807) is 24.3 Å². The molecule has 1 saturated carbocycles. The third kappa shape index (κ3) is 5.63. The number of ether oxygens (including phenoxy) is 1. The van der Waals surface area contributed by atoms with Crippen LogP contribution in [0.15, 0.2) is 24.3 Å². The third-order valence-electron chi connectivity index (χ3n) is 6.46. The normalized spacial score (nSPS) is 18.1. The van der Waals surface area contributed by atoms with Crippen LogP contribution >= 0.6 is 0 Å². The lowest BCUT2D eigenvalue weighted by Crippen LogP contribution is -2.56. The second kappa shape index (κ2) is 9.51. The number of hydrogen-bond donors (Lipinski definition) is 1. The number of benzene rings is 1. The largest absolute Gasteiger partial charge is 0.469 e. The van der Waals surface area contributed by atoms with Crippen LogP contribution in [0.4, 0.5) is 0 Å². The monoisotopic (exact) mass is 425 g/mol. The third-order valence-corrected chi connectivity index (χ3v) is 6.46. The zero-order chi connectivity index (χ0) is 22.6. The summed E-state index contributed by atoms with van der Waals surface area (Å²) in [7, 11) is 1.40. The van der Waals surface area contributed by atoms with Crippen molar-refractivity contribution < 1.29 is 19.1 Å². The number of carbonyl (C=O) groups is 3. The van der Waals surface area contributed by atoms with Gasteiger partial charge >= 0.3 is 5.97 Å². The maximum absolute atomic E-state index is 13.5. The van der Waals surface area contributed by atoms with Gasteiger partial charge in [0.05, 0.1) is 24.7 Å². The molecule has 1 aliphatic heterocycles. The molecule has 0 bridgehead atoms. The number of amides is 2. The highest BCUT2D eigenvalue weighted by atomic mass is 16.5. The van der Waals surface area contributed by atoms with Crippen LogP contribution in [0, 0.1) is 29.1 Å². The molecule has 7 nitrogen and oxygen atoms in total. The first-order chi connectivity index (χ1) is 14.7. The summed E-state index contributed by atoms with van der Waals surface area (Å²) in [4.78, 5) is 39.7. The summed E-state index contributed by atoms with van der Waals surface area (Å²) >= 11 is 0. The quantitative estimate of drug-likeness (QED) is 0.677. The Morgan fingerprint density at radius 2 is 1.77 bits per heavy atom. The fourth-order valence-corrected chi connectivity index (χ4v) is 4.54. The van der Waals surface area contributed by atoms with Crippen LogP contribution in [-0.4, -0.2) is 48.4 Å². The minimum absolute atomic E-state index is 0.0872. The lowest BCUT2D eigenvalue weighted by atomic mass is 9.81. The number of esters is 1. The molecular weight excluding hydrogens is 394 g/mol. The minimum atomic E-state index is -0.702. The van der Waals surface area contributed by atoms with Crippen LogP contribution in [0.25, 0.3) is 0 Å². The summed E-state index contributed by atoms with van der Waals surface area (Å²) in [6.45, 7) is 5.09. The van der Waals surface area contributed by atoms with Gasteiger partial charge in [-0.2, -0.15) is 5.26 Å². The number of nitriles is 1. The number of piperidine rings is 1. The molecule has 0 radical (unpaired) electrons. The van der Waals surface area contributed by atoms with Gasteiger partial charge in [-0.05, 0) is 75.6 Å². The van der Waals surface area contributed by atoms with Gasteiger partial charge in [-0.1, -0.05) is 0 Å². The van der Waals surface area contributed by atoms with Crippen LogP contribution < -0.4 is 5.32 Å². The van der Waals surface area contributed by atoms with E-state index in [9.17, 15) is 14.4 Å². The van der Waals surface area contributed by atoms with Crippen LogP contribution in [0.1, 0.15) is 61.9 Å². The summed E-state index contributed by atoms with van der Waals surface area (Å²) < 4.78 is 4.76. The van der Waals surface area contributed by atoms with Crippen molar-refractivity contribution in [2.75, 3.05) is 20.2 Å². The second-order valence-corrected chi connectivity index (χ2v) is 9.23. The van der Waals surface area contributed by atoms with E-state index in [1.165, 1.54) is 7.11 Å². The molecule has 31 heavy (non-hydrogen) atoms. The zero-order valence-corrected chi connectivity index (χ0v) is 18.5. The maximum atomic E-state index is 13.5. The number of nitrogens with one attached hydrogen (secondary N) is 1. The zero-order valence-electron chi connectivity index (χ0n) is 18.5. The van der Waals surface area contributed by atoms with Gasteiger partial charge in [-0.25, -0.2) is 0 Å². The molecule has 1 unspecified atom stereocenters. The summed E-state index contributed by atoms with van der Waals surface area (Å²) in [6, 6.07) is 8.53. The first-order valence-corrected chi connectivity index (χ1v) is 10.9. The molecule has 1 N–H and O–H groups in total. The predicted molar refractivity (Wildman–Crippen MR) is 115 cm³/mol. The molecule has 1 saturated heterocycles. The number of rotatable bonds is 7. The van der Waals surface area contributed by atoms with Gasteiger partial charge in [0.1, 0.15) is 0 Å². The van der Waals surface area contributed by atoms with Crippen LogP contribution in [0.5, 0.6) is 0 Å². The summed E-state index contributed by atoms with van der Waals surface area (Å²) in [5.74, 6) is -0.121. The van der Waals surface area contributed by atoms with Crippen molar-refractivity contribution in [2.24, 2.45) is 17.8 Å². The molecule has 1 atom stereocenters. The molecule has 166 valence electrons. The molecule has 1 aliphatic carbocycles. The first-order valence-electron chi connectivity index (χ1n) is 10.9. The van der Waals surface area contributed by atoms with Gasteiger partial charge in [0.25, 0.3) is 5.91 Å². The Hall–Kier alpha value is -2.88. The Labute approximate surface area is 183 Å². The molecule has 0 aromatic heterocycles. The van der Waals surface area contributed by atoms with Gasteiger partial charge in [0.15, 0.2) is 0 Å². The van der Waals surface area contributed by atoms with Crippen molar-refractivity contribution in [2.45, 2.75) is 51.5 Å². The molecule has 1 aromatic rings. The van der Waals surface area contributed by atoms with Crippen molar-refractivity contribution in [3.05, 3.63) is 35.4 Å². The fourth-order valence-electron chi connectivity index (χ4n) is 4.54. The highest BCUT2D eigenvalue weighted by Gasteiger charge is 2.48. The first kappa shape index (κ1) is 22.8. The average molecular weight is 426 g/mol. The number of likely N-dealkylation sites (tertiary alicyclic amines) is 1. The van der Waals surface area contributed by atoms with E-state index in [4.69, 9.17) is 10.00 Å². The van der Waals surface area contributed by atoms with E-state index in [0.29, 0.717) is 30.6 Å². The molecular formula is C24H31N3O4.